The molecule has 1 aliphatic rings. The van der Waals surface area contributed by atoms with Crippen molar-refractivity contribution in [3.63, 3.8) is 0 Å². The Bertz CT molecular complexity index is 888. The number of halogens is 2. The fourth-order valence-electron chi connectivity index (χ4n) is 3.42. The van der Waals surface area contributed by atoms with E-state index < -0.39 is 0 Å². The number of ether oxygens (including phenoxy) is 3. The third kappa shape index (κ3) is 5.47. The molecular formula is C22H29FIN3O3. The first-order valence-corrected chi connectivity index (χ1v) is 9.54. The third-order valence-electron chi connectivity index (χ3n) is 5.34. The SMILES string of the molecule is CN=C(NCc1cc(OC)c(OC)cc1OC)NCC1(c2cccc(F)c2)CC1.I. The Morgan fingerprint density at radius 3 is 2.23 bits per heavy atom. The van der Waals surface area contributed by atoms with Crippen LogP contribution in [0, 0.1) is 5.82 Å². The highest BCUT2D eigenvalue weighted by molar-refractivity contribution is 14.0. The minimum Gasteiger partial charge on any atom is -0.496 e. The fourth-order valence-corrected chi connectivity index (χ4v) is 3.42. The topological polar surface area (TPSA) is 64.1 Å². The first-order valence-electron chi connectivity index (χ1n) is 9.54. The van der Waals surface area contributed by atoms with E-state index in [1.54, 1.807) is 46.6 Å². The summed E-state index contributed by atoms with van der Waals surface area (Å²) in [4.78, 5) is 4.30. The average molecular weight is 529 g/mol. The van der Waals surface area contributed by atoms with Crippen LogP contribution in [0.5, 0.6) is 17.2 Å². The first kappa shape index (κ1) is 24.0. The van der Waals surface area contributed by atoms with E-state index in [1.165, 1.54) is 6.07 Å². The summed E-state index contributed by atoms with van der Waals surface area (Å²) in [5.41, 5.74) is 1.92. The van der Waals surface area contributed by atoms with Crippen LogP contribution in [0.4, 0.5) is 4.39 Å². The average Bonchev–Trinajstić information content (AvgIpc) is 3.54. The van der Waals surface area contributed by atoms with Crippen LogP contribution in [0.3, 0.4) is 0 Å². The predicted molar refractivity (Wildman–Crippen MR) is 127 cm³/mol. The first-order chi connectivity index (χ1) is 14.0. The molecule has 1 saturated carbocycles. The van der Waals surface area contributed by atoms with Gasteiger partial charge < -0.3 is 24.8 Å². The van der Waals surface area contributed by atoms with Crippen LogP contribution in [0.1, 0.15) is 24.0 Å². The maximum absolute atomic E-state index is 13.6. The van der Waals surface area contributed by atoms with Crippen molar-refractivity contribution in [3.8, 4) is 17.2 Å². The number of rotatable bonds is 8. The van der Waals surface area contributed by atoms with E-state index in [4.69, 9.17) is 14.2 Å². The van der Waals surface area contributed by atoms with Gasteiger partial charge in [-0.1, -0.05) is 12.1 Å². The fraction of sp³-hybridized carbons (Fsp3) is 0.409. The van der Waals surface area contributed by atoms with Gasteiger partial charge in [0.05, 0.1) is 21.3 Å². The lowest BCUT2D eigenvalue weighted by atomic mass is 9.96. The molecule has 2 aromatic carbocycles. The number of benzene rings is 2. The molecule has 2 N–H and O–H groups in total. The molecule has 6 nitrogen and oxygen atoms in total. The van der Waals surface area contributed by atoms with Gasteiger partial charge in [-0.2, -0.15) is 0 Å². The molecule has 0 aliphatic heterocycles. The van der Waals surface area contributed by atoms with Gasteiger partial charge in [0.15, 0.2) is 17.5 Å². The number of methoxy groups -OCH3 is 3. The van der Waals surface area contributed by atoms with E-state index in [0.717, 1.165) is 24.0 Å². The second-order valence-corrected chi connectivity index (χ2v) is 7.09. The molecule has 0 bridgehead atoms. The molecule has 0 unspecified atom stereocenters. The molecule has 1 aliphatic carbocycles. The zero-order valence-corrected chi connectivity index (χ0v) is 20.1. The van der Waals surface area contributed by atoms with Crippen molar-refractivity contribution < 1.29 is 18.6 Å². The van der Waals surface area contributed by atoms with E-state index in [9.17, 15) is 4.39 Å². The van der Waals surface area contributed by atoms with Gasteiger partial charge in [-0.25, -0.2) is 4.39 Å². The highest BCUT2D eigenvalue weighted by Crippen LogP contribution is 2.47. The molecule has 0 atom stereocenters. The highest BCUT2D eigenvalue weighted by Gasteiger charge is 2.44. The van der Waals surface area contributed by atoms with Crippen molar-refractivity contribution in [2.45, 2.75) is 24.8 Å². The summed E-state index contributed by atoms with van der Waals surface area (Å²) < 4.78 is 29.8. The Balaban J connectivity index is 0.00000320. The minimum atomic E-state index is -0.197. The van der Waals surface area contributed by atoms with E-state index in [-0.39, 0.29) is 35.2 Å². The lowest BCUT2D eigenvalue weighted by Crippen LogP contribution is -2.41. The molecule has 0 aromatic heterocycles. The summed E-state index contributed by atoms with van der Waals surface area (Å²) >= 11 is 0. The van der Waals surface area contributed by atoms with Crippen LogP contribution in [-0.4, -0.2) is 40.9 Å². The Morgan fingerprint density at radius 2 is 1.67 bits per heavy atom. The van der Waals surface area contributed by atoms with Gasteiger partial charge >= 0.3 is 0 Å². The van der Waals surface area contributed by atoms with Crippen LogP contribution in [0.2, 0.25) is 0 Å². The lowest BCUT2D eigenvalue weighted by molar-refractivity contribution is 0.347. The van der Waals surface area contributed by atoms with Gasteiger partial charge in [-0.15, -0.1) is 24.0 Å². The molecule has 1 fully saturated rings. The van der Waals surface area contributed by atoms with E-state index in [0.29, 0.717) is 36.3 Å². The molecule has 3 rings (SSSR count). The van der Waals surface area contributed by atoms with Gasteiger partial charge in [0.1, 0.15) is 11.6 Å². The Labute approximate surface area is 194 Å². The molecule has 0 amide bonds. The van der Waals surface area contributed by atoms with Crippen LogP contribution >= 0.6 is 24.0 Å². The van der Waals surface area contributed by atoms with E-state index in [2.05, 4.69) is 15.6 Å². The van der Waals surface area contributed by atoms with Crippen LogP contribution in [-0.2, 0) is 12.0 Å². The van der Waals surface area contributed by atoms with Crippen molar-refractivity contribution >= 4 is 29.9 Å². The zero-order valence-electron chi connectivity index (χ0n) is 17.8. The third-order valence-corrected chi connectivity index (χ3v) is 5.34. The second-order valence-electron chi connectivity index (χ2n) is 7.09. The van der Waals surface area contributed by atoms with Gasteiger partial charge in [0.2, 0.25) is 0 Å². The maximum Gasteiger partial charge on any atom is 0.191 e. The number of nitrogens with one attached hydrogen (secondary N) is 2. The van der Waals surface area contributed by atoms with E-state index in [1.807, 2.05) is 12.1 Å². The smallest absolute Gasteiger partial charge is 0.191 e. The van der Waals surface area contributed by atoms with E-state index >= 15 is 0 Å². The number of nitrogens with zero attached hydrogens (tertiary/aromatic N) is 1. The van der Waals surface area contributed by atoms with Crippen molar-refractivity contribution in [3.05, 3.63) is 53.3 Å². The summed E-state index contributed by atoms with van der Waals surface area (Å²) in [5, 5.41) is 6.67. The largest absolute Gasteiger partial charge is 0.496 e. The maximum atomic E-state index is 13.6. The molecule has 0 heterocycles. The normalized spacial score (nSPS) is 14.4. The monoisotopic (exact) mass is 529 g/mol. The van der Waals surface area contributed by atoms with Crippen molar-refractivity contribution in [1.82, 2.24) is 10.6 Å². The summed E-state index contributed by atoms with van der Waals surface area (Å²) in [6.45, 7) is 1.19. The lowest BCUT2D eigenvalue weighted by Gasteiger charge is -2.20. The predicted octanol–water partition coefficient (Wildman–Crippen LogP) is 3.87. The summed E-state index contributed by atoms with van der Waals surface area (Å²) in [7, 11) is 6.54. The molecular weight excluding hydrogens is 500 g/mol. The van der Waals surface area contributed by atoms with Gasteiger partial charge in [-0.3, -0.25) is 4.99 Å². The summed E-state index contributed by atoms with van der Waals surface area (Å²) in [6.07, 6.45) is 2.06. The molecule has 0 saturated heterocycles. The molecule has 2 aromatic rings. The Hall–Kier alpha value is -2.23. The number of guanidine groups is 1. The van der Waals surface area contributed by atoms with Crippen LogP contribution in [0.25, 0.3) is 0 Å². The van der Waals surface area contributed by atoms with Crippen molar-refractivity contribution in [1.29, 1.82) is 0 Å². The summed E-state index contributed by atoms with van der Waals surface area (Å²) in [6, 6.07) is 10.5. The quantitative estimate of drug-likeness (QED) is 0.309. The Morgan fingerprint density at radius 1 is 1.00 bits per heavy atom. The van der Waals surface area contributed by atoms with Crippen LogP contribution < -0.4 is 24.8 Å². The number of aliphatic imine (C=N–C) groups is 1. The van der Waals surface area contributed by atoms with Gasteiger partial charge in [0.25, 0.3) is 0 Å². The van der Waals surface area contributed by atoms with Gasteiger partial charge in [0, 0.05) is 37.2 Å². The van der Waals surface area contributed by atoms with Crippen LogP contribution in [0.15, 0.2) is 41.4 Å². The van der Waals surface area contributed by atoms with Crippen molar-refractivity contribution in [2.75, 3.05) is 34.9 Å². The number of hydrogen-bond donors (Lipinski definition) is 2. The minimum absolute atomic E-state index is 0. The summed E-state index contributed by atoms with van der Waals surface area (Å²) in [5.74, 6) is 2.42. The molecule has 30 heavy (non-hydrogen) atoms. The standard InChI is InChI=1S/C22H28FN3O3.HI/c1-24-21(26-14-22(8-9-22)16-6-5-7-17(23)11-16)25-13-15-10-19(28-3)20(29-4)12-18(15)27-2;/h5-7,10-12H,8-9,13-14H2,1-4H3,(H2,24,25,26);1H. The van der Waals surface area contributed by atoms with Gasteiger partial charge in [-0.05, 0) is 36.6 Å². The molecule has 164 valence electrons. The zero-order chi connectivity index (χ0) is 20.9. The Kier molecular flexibility index (Phi) is 8.57. The second kappa shape index (κ2) is 10.7. The van der Waals surface area contributed by atoms with Crippen molar-refractivity contribution in [2.24, 2.45) is 4.99 Å². The molecule has 0 radical (unpaired) electrons. The molecule has 0 spiro atoms. The number of hydrogen-bond acceptors (Lipinski definition) is 4. The molecule has 8 heteroatoms. The highest BCUT2D eigenvalue weighted by atomic mass is 127.